The lowest BCUT2D eigenvalue weighted by molar-refractivity contribution is 0.306. The molecule has 0 saturated heterocycles. The molecule has 0 bridgehead atoms. The highest BCUT2D eigenvalue weighted by atomic mass is 127. The average Bonchev–Trinajstić information content (AvgIpc) is 2.54. The van der Waals surface area contributed by atoms with Gasteiger partial charge in [0.25, 0.3) is 0 Å². The Kier molecular flexibility index (Phi) is 6.52. The highest BCUT2D eigenvalue weighted by Gasteiger charge is 2.35. The van der Waals surface area contributed by atoms with Crippen LogP contribution in [0.2, 0.25) is 0 Å². The minimum absolute atomic E-state index is 0.0712. The maximum atomic E-state index is 2.50. The Morgan fingerprint density at radius 1 is 0.864 bits per heavy atom. The van der Waals surface area contributed by atoms with Crippen LogP contribution in [0.15, 0.2) is 60.7 Å². The lowest BCUT2D eigenvalue weighted by atomic mass is 9.67. The maximum Gasteiger partial charge on any atom is 0.225 e. The molecule has 0 amide bonds. The van der Waals surface area contributed by atoms with Crippen LogP contribution < -0.4 is 0 Å². The molecule has 22 heavy (non-hydrogen) atoms. The van der Waals surface area contributed by atoms with Crippen molar-refractivity contribution in [2.24, 2.45) is 5.41 Å². The van der Waals surface area contributed by atoms with Gasteiger partial charge in [0, 0.05) is 5.41 Å². The Morgan fingerprint density at radius 3 is 1.73 bits per heavy atom. The van der Waals surface area contributed by atoms with Crippen LogP contribution in [0.4, 0.5) is 0 Å². The second-order valence-corrected chi connectivity index (χ2v) is 10.4. The summed E-state index contributed by atoms with van der Waals surface area (Å²) < 4.78 is 0. The van der Waals surface area contributed by atoms with Crippen molar-refractivity contribution in [3.05, 3.63) is 71.8 Å². The van der Waals surface area contributed by atoms with E-state index in [1.54, 1.807) is 0 Å². The molecule has 0 heterocycles. The van der Waals surface area contributed by atoms with E-state index in [2.05, 4.69) is 104 Å². The Bertz CT molecular complexity index is 529. The third-order valence-electron chi connectivity index (χ3n) is 4.35. The maximum absolute atomic E-state index is 2.50. The monoisotopic (exact) mass is 422 g/mol. The Labute approximate surface area is 151 Å². The van der Waals surface area contributed by atoms with Crippen molar-refractivity contribution in [3.8, 4) is 0 Å². The fraction of sp³-hybridized carbons (Fsp3) is 0.368. The van der Waals surface area contributed by atoms with Crippen LogP contribution in [0.3, 0.4) is 0 Å². The molecule has 0 aromatic heterocycles. The molecule has 0 aliphatic carbocycles. The highest BCUT2D eigenvalue weighted by Crippen LogP contribution is 2.43. The summed E-state index contributed by atoms with van der Waals surface area (Å²) in [5.74, 6) is 0. The topological polar surface area (TPSA) is 0 Å². The van der Waals surface area contributed by atoms with Crippen molar-refractivity contribution in [2.75, 3.05) is 6.16 Å². The molecular formula is C19H25BIP. The highest BCUT2D eigenvalue weighted by molar-refractivity contribution is 14.1. The molecule has 0 nitrogen and oxygen atoms in total. The summed E-state index contributed by atoms with van der Waals surface area (Å²) in [5, 5.41) is 0. The van der Waals surface area contributed by atoms with Crippen molar-refractivity contribution < 1.29 is 0 Å². The number of rotatable bonds is 7. The number of halogens is 1. The van der Waals surface area contributed by atoms with Crippen LogP contribution in [-0.2, 0) is 5.41 Å². The fourth-order valence-electron chi connectivity index (χ4n) is 3.39. The van der Waals surface area contributed by atoms with Gasteiger partial charge in [0.2, 0.25) is 4.86 Å². The van der Waals surface area contributed by atoms with Gasteiger partial charge in [-0.25, -0.2) is 0 Å². The first kappa shape index (κ1) is 18.0. The van der Waals surface area contributed by atoms with Crippen molar-refractivity contribution in [1.82, 2.24) is 0 Å². The van der Waals surface area contributed by atoms with E-state index in [0.717, 1.165) is 8.46 Å². The molecule has 0 aliphatic heterocycles. The summed E-state index contributed by atoms with van der Waals surface area (Å²) in [6.45, 7) is 7.26. The van der Waals surface area contributed by atoms with Crippen molar-refractivity contribution >= 4 is 35.7 Å². The van der Waals surface area contributed by atoms with Crippen LogP contribution in [0, 0.1) is 5.41 Å². The number of hydrogen-bond donors (Lipinski definition) is 0. The predicted molar refractivity (Wildman–Crippen MR) is 112 cm³/mol. The van der Waals surface area contributed by atoms with Crippen LogP contribution in [0.25, 0.3) is 0 Å². The molecule has 116 valence electrons. The van der Waals surface area contributed by atoms with Crippen LogP contribution in [0.5, 0.6) is 0 Å². The Hall–Kier alpha value is -0.335. The van der Waals surface area contributed by atoms with Crippen LogP contribution in [0.1, 0.15) is 38.3 Å². The van der Waals surface area contributed by atoms with Gasteiger partial charge in [-0.3, -0.25) is 0 Å². The van der Waals surface area contributed by atoms with Gasteiger partial charge in [0.15, 0.2) is 0 Å². The summed E-state index contributed by atoms with van der Waals surface area (Å²) in [4.78, 5) is 1.27. The summed E-state index contributed by atoms with van der Waals surface area (Å²) in [6, 6.07) is 22.0. The minimum atomic E-state index is 0.0712. The zero-order valence-corrected chi connectivity index (χ0v) is 16.9. The van der Waals surface area contributed by atoms with Gasteiger partial charge in [0.1, 0.15) is 0 Å². The average molecular weight is 422 g/mol. The number of hydrogen-bond acceptors (Lipinski definition) is 0. The quantitative estimate of drug-likeness (QED) is 0.301. The Balaban J connectivity index is 2.39. The van der Waals surface area contributed by atoms with Gasteiger partial charge in [-0.2, -0.15) is 0 Å². The largest absolute Gasteiger partial charge is 0.225 e. The van der Waals surface area contributed by atoms with E-state index < -0.39 is 0 Å². The molecule has 1 unspecified atom stereocenters. The zero-order valence-electron chi connectivity index (χ0n) is 13.8. The van der Waals surface area contributed by atoms with E-state index >= 15 is 0 Å². The third-order valence-corrected chi connectivity index (χ3v) is 7.37. The number of benzene rings is 2. The molecule has 0 spiro atoms. The summed E-state index contributed by atoms with van der Waals surface area (Å²) in [5.41, 5.74) is 3.27. The molecule has 2 rings (SSSR count). The second-order valence-electron chi connectivity index (χ2n) is 6.97. The first-order valence-corrected chi connectivity index (χ1v) is 10.8. The van der Waals surface area contributed by atoms with E-state index in [1.165, 1.54) is 28.6 Å². The molecule has 0 aliphatic rings. The normalized spacial score (nSPS) is 12.7. The van der Waals surface area contributed by atoms with Crippen LogP contribution >= 0.6 is 30.8 Å². The smallest absolute Gasteiger partial charge is 0.148 e. The fourth-order valence-corrected chi connectivity index (χ4v) is 5.09. The first-order valence-electron chi connectivity index (χ1n) is 7.86. The van der Waals surface area contributed by atoms with Crippen molar-refractivity contribution in [2.45, 2.75) is 32.6 Å². The van der Waals surface area contributed by atoms with E-state index in [9.17, 15) is 0 Å². The molecule has 2 aromatic rings. The van der Waals surface area contributed by atoms with Gasteiger partial charge in [-0.1, -0.05) is 81.4 Å². The van der Waals surface area contributed by atoms with Gasteiger partial charge in [0.05, 0.1) is 0 Å². The van der Waals surface area contributed by atoms with Crippen molar-refractivity contribution in [3.63, 3.8) is 0 Å². The lowest BCUT2D eigenvalue weighted by Gasteiger charge is -2.39. The molecule has 3 heteroatoms. The zero-order chi connectivity index (χ0) is 16.1. The molecule has 0 N–H and O–H groups in total. The second kappa shape index (κ2) is 7.97. The summed E-state index contributed by atoms with van der Waals surface area (Å²) in [6.07, 6.45) is 2.49. The van der Waals surface area contributed by atoms with Gasteiger partial charge >= 0.3 is 0 Å². The van der Waals surface area contributed by atoms with E-state index in [4.69, 9.17) is 0 Å². The van der Waals surface area contributed by atoms with E-state index in [0.29, 0.717) is 5.41 Å². The molecule has 0 fully saturated rings. The minimum Gasteiger partial charge on any atom is -0.148 e. The molecular weight excluding hydrogens is 397 g/mol. The lowest BCUT2D eigenvalue weighted by Crippen LogP contribution is -2.32. The van der Waals surface area contributed by atoms with Gasteiger partial charge in [-0.05, 0) is 29.1 Å². The predicted octanol–water partition coefficient (Wildman–Crippen LogP) is 5.79. The van der Waals surface area contributed by atoms with Crippen LogP contribution in [-0.4, -0.2) is 11.0 Å². The SMILES string of the molecule is CC(C)(CPBI)CC(C)(c1ccccc1)c1ccccc1. The standard InChI is InChI=1S/C19H25BIP/c1-18(2,15-22-20-21)14-19(3,16-10-6-4-7-11-16)17-12-8-5-9-13-17/h4-13,20,22H,14-15H2,1-3H3. The molecule has 0 saturated carbocycles. The van der Waals surface area contributed by atoms with E-state index in [-0.39, 0.29) is 5.41 Å². The molecule has 0 radical (unpaired) electrons. The first-order chi connectivity index (χ1) is 10.5. The van der Waals surface area contributed by atoms with Crippen molar-refractivity contribution in [1.29, 1.82) is 0 Å². The molecule has 2 aromatic carbocycles. The third kappa shape index (κ3) is 4.58. The summed E-state index contributed by atoms with van der Waals surface area (Å²) in [7, 11) is 1.05. The summed E-state index contributed by atoms with van der Waals surface area (Å²) >= 11 is 2.50. The van der Waals surface area contributed by atoms with E-state index in [1.807, 2.05) is 0 Å². The van der Waals surface area contributed by atoms with Gasteiger partial charge < -0.3 is 0 Å². The Morgan fingerprint density at radius 2 is 1.32 bits per heavy atom. The van der Waals surface area contributed by atoms with Gasteiger partial charge in [-0.15, -0.1) is 30.8 Å². The molecule has 1 atom stereocenters.